The zero-order chi connectivity index (χ0) is 13.1. The van der Waals surface area contributed by atoms with Gasteiger partial charge in [0.05, 0.1) is 12.2 Å². The number of amides is 1. The lowest BCUT2D eigenvalue weighted by Crippen LogP contribution is -2.15. The number of carbonyl (C=O) groups excluding carboxylic acids is 2. The third-order valence-electron chi connectivity index (χ3n) is 3.09. The molecule has 0 bridgehead atoms. The van der Waals surface area contributed by atoms with E-state index in [1.54, 1.807) is 31.2 Å². The van der Waals surface area contributed by atoms with Crippen molar-refractivity contribution in [1.82, 2.24) is 0 Å². The summed E-state index contributed by atoms with van der Waals surface area (Å²) in [7, 11) is 0. The average Bonchev–Trinajstić information content (AvgIpc) is 3.07. The van der Waals surface area contributed by atoms with Gasteiger partial charge in [-0.3, -0.25) is 4.79 Å². The predicted octanol–water partition coefficient (Wildman–Crippen LogP) is 2.46. The first-order valence-electron chi connectivity index (χ1n) is 6.20. The van der Waals surface area contributed by atoms with Crippen molar-refractivity contribution < 1.29 is 14.3 Å². The summed E-state index contributed by atoms with van der Waals surface area (Å²) in [6.45, 7) is 4.16. The number of nitrogens with one attached hydrogen (secondary N) is 1. The monoisotopic (exact) mass is 247 g/mol. The summed E-state index contributed by atoms with van der Waals surface area (Å²) in [6.07, 6.45) is 0.948. The fourth-order valence-electron chi connectivity index (χ4n) is 1.86. The third kappa shape index (κ3) is 2.88. The Kier molecular flexibility index (Phi) is 3.65. The van der Waals surface area contributed by atoms with Crippen molar-refractivity contribution >= 4 is 17.6 Å². The van der Waals surface area contributed by atoms with Gasteiger partial charge in [0.25, 0.3) is 0 Å². The highest BCUT2D eigenvalue weighted by Gasteiger charge is 2.39. The molecule has 4 nitrogen and oxygen atoms in total. The van der Waals surface area contributed by atoms with E-state index in [4.69, 9.17) is 4.74 Å². The van der Waals surface area contributed by atoms with Crippen molar-refractivity contribution in [3.05, 3.63) is 29.8 Å². The maximum atomic E-state index is 11.8. The van der Waals surface area contributed by atoms with Crippen LogP contribution < -0.4 is 5.32 Å². The first kappa shape index (κ1) is 12.6. The predicted molar refractivity (Wildman–Crippen MR) is 68.3 cm³/mol. The molecule has 0 spiro atoms. The second kappa shape index (κ2) is 5.21. The number of hydrogen-bond acceptors (Lipinski definition) is 3. The van der Waals surface area contributed by atoms with Crippen LogP contribution in [0.4, 0.5) is 5.69 Å². The molecule has 1 amide bonds. The Hall–Kier alpha value is -1.84. The largest absolute Gasteiger partial charge is 0.462 e. The van der Waals surface area contributed by atoms with Crippen LogP contribution in [0.15, 0.2) is 24.3 Å². The van der Waals surface area contributed by atoms with Crippen LogP contribution in [0, 0.1) is 11.8 Å². The van der Waals surface area contributed by atoms with Gasteiger partial charge in [0.2, 0.25) is 5.91 Å². The van der Waals surface area contributed by atoms with E-state index in [0.29, 0.717) is 23.8 Å². The van der Waals surface area contributed by atoms with E-state index >= 15 is 0 Å². The fourth-order valence-corrected chi connectivity index (χ4v) is 1.86. The molecular formula is C14H17NO3. The van der Waals surface area contributed by atoms with Crippen molar-refractivity contribution in [3.8, 4) is 0 Å². The van der Waals surface area contributed by atoms with Crippen molar-refractivity contribution in [2.45, 2.75) is 20.3 Å². The Morgan fingerprint density at radius 2 is 2.17 bits per heavy atom. The van der Waals surface area contributed by atoms with Crippen LogP contribution in [0.1, 0.15) is 30.6 Å². The molecule has 18 heavy (non-hydrogen) atoms. The summed E-state index contributed by atoms with van der Waals surface area (Å²) in [5, 5.41) is 2.82. The highest BCUT2D eigenvalue weighted by atomic mass is 16.5. The molecule has 4 heteroatoms. The van der Waals surface area contributed by atoms with Crippen molar-refractivity contribution in [2.75, 3.05) is 11.9 Å². The normalized spacial score (nSPS) is 21.2. The van der Waals surface area contributed by atoms with Gasteiger partial charge in [-0.25, -0.2) is 4.79 Å². The SMILES string of the molecule is CCOC(=O)c1cccc(NC(=O)C2CC2C)c1. The van der Waals surface area contributed by atoms with Crippen LogP contribution >= 0.6 is 0 Å². The minimum Gasteiger partial charge on any atom is -0.462 e. The van der Waals surface area contributed by atoms with E-state index in [0.717, 1.165) is 6.42 Å². The first-order valence-corrected chi connectivity index (χ1v) is 6.20. The molecular weight excluding hydrogens is 230 g/mol. The highest BCUT2D eigenvalue weighted by Crippen LogP contribution is 2.38. The van der Waals surface area contributed by atoms with Gasteiger partial charge in [-0.2, -0.15) is 0 Å². The van der Waals surface area contributed by atoms with Gasteiger partial charge in [0.15, 0.2) is 0 Å². The molecule has 1 aliphatic carbocycles. The van der Waals surface area contributed by atoms with E-state index in [2.05, 4.69) is 12.2 Å². The van der Waals surface area contributed by atoms with Gasteiger partial charge >= 0.3 is 5.97 Å². The number of benzene rings is 1. The zero-order valence-electron chi connectivity index (χ0n) is 10.6. The molecule has 1 aromatic carbocycles. The van der Waals surface area contributed by atoms with Gasteiger partial charge in [-0.05, 0) is 37.5 Å². The van der Waals surface area contributed by atoms with Gasteiger partial charge in [-0.1, -0.05) is 13.0 Å². The van der Waals surface area contributed by atoms with Gasteiger partial charge in [0, 0.05) is 11.6 Å². The Morgan fingerprint density at radius 1 is 1.44 bits per heavy atom. The van der Waals surface area contributed by atoms with Crippen LogP contribution in [0.5, 0.6) is 0 Å². The Labute approximate surface area is 106 Å². The van der Waals surface area contributed by atoms with Crippen LogP contribution in [-0.2, 0) is 9.53 Å². The molecule has 0 radical (unpaired) electrons. The molecule has 1 aliphatic rings. The third-order valence-corrected chi connectivity index (χ3v) is 3.09. The minimum absolute atomic E-state index is 0.0310. The van der Waals surface area contributed by atoms with Crippen LogP contribution in [-0.4, -0.2) is 18.5 Å². The van der Waals surface area contributed by atoms with Crippen molar-refractivity contribution in [1.29, 1.82) is 0 Å². The van der Waals surface area contributed by atoms with Crippen LogP contribution in [0.2, 0.25) is 0 Å². The van der Waals surface area contributed by atoms with Crippen LogP contribution in [0.25, 0.3) is 0 Å². The van der Waals surface area contributed by atoms with Crippen molar-refractivity contribution in [2.24, 2.45) is 11.8 Å². The highest BCUT2D eigenvalue weighted by molar-refractivity contribution is 5.96. The average molecular weight is 247 g/mol. The standard InChI is InChI=1S/C14H17NO3/c1-3-18-14(17)10-5-4-6-11(8-10)15-13(16)12-7-9(12)2/h4-6,8-9,12H,3,7H2,1-2H3,(H,15,16). The number of anilines is 1. The minimum atomic E-state index is -0.367. The van der Waals surface area contributed by atoms with E-state index in [-0.39, 0.29) is 17.8 Å². The molecule has 0 heterocycles. The van der Waals surface area contributed by atoms with Gasteiger partial charge in [-0.15, -0.1) is 0 Å². The molecule has 0 saturated heterocycles. The molecule has 1 aromatic rings. The summed E-state index contributed by atoms with van der Waals surface area (Å²) in [5.41, 5.74) is 1.10. The summed E-state index contributed by atoms with van der Waals surface area (Å²) in [4.78, 5) is 23.3. The number of ether oxygens (including phenoxy) is 1. The molecule has 0 aromatic heterocycles. The molecule has 1 saturated carbocycles. The molecule has 1 N–H and O–H groups in total. The van der Waals surface area contributed by atoms with Crippen molar-refractivity contribution in [3.63, 3.8) is 0 Å². The Bertz CT molecular complexity index is 470. The molecule has 1 fully saturated rings. The Morgan fingerprint density at radius 3 is 2.78 bits per heavy atom. The van der Waals surface area contributed by atoms with E-state index in [1.165, 1.54) is 0 Å². The number of hydrogen-bond donors (Lipinski definition) is 1. The second-order valence-corrected chi connectivity index (χ2v) is 4.61. The van der Waals surface area contributed by atoms with Gasteiger partial charge in [0.1, 0.15) is 0 Å². The lowest BCUT2D eigenvalue weighted by Gasteiger charge is -2.06. The first-order chi connectivity index (χ1) is 8.61. The molecule has 2 unspecified atom stereocenters. The summed E-state index contributed by atoms with van der Waals surface area (Å²) in [5.74, 6) is 0.256. The lowest BCUT2D eigenvalue weighted by atomic mass is 10.2. The molecule has 2 rings (SSSR count). The molecule has 2 atom stereocenters. The fraction of sp³-hybridized carbons (Fsp3) is 0.429. The van der Waals surface area contributed by atoms with E-state index in [1.807, 2.05) is 0 Å². The van der Waals surface area contributed by atoms with Crippen LogP contribution in [0.3, 0.4) is 0 Å². The maximum Gasteiger partial charge on any atom is 0.338 e. The quantitative estimate of drug-likeness (QED) is 0.831. The molecule has 0 aliphatic heterocycles. The molecule has 96 valence electrons. The lowest BCUT2D eigenvalue weighted by molar-refractivity contribution is -0.117. The smallest absolute Gasteiger partial charge is 0.338 e. The number of esters is 1. The number of rotatable bonds is 4. The summed E-state index contributed by atoms with van der Waals surface area (Å²) in [6, 6.07) is 6.82. The second-order valence-electron chi connectivity index (χ2n) is 4.61. The topological polar surface area (TPSA) is 55.4 Å². The van der Waals surface area contributed by atoms with E-state index < -0.39 is 0 Å². The Balaban J connectivity index is 2.03. The summed E-state index contributed by atoms with van der Waals surface area (Å²) < 4.78 is 4.91. The number of carbonyl (C=O) groups is 2. The zero-order valence-corrected chi connectivity index (χ0v) is 10.6. The van der Waals surface area contributed by atoms with Gasteiger partial charge < -0.3 is 10.1 Å². The van der Waals surface area contributed by atoms with E-state index in [9.17, 15) is 9.59 Å². The maximum absolute atomic E-state index is 11.8. The summed E-state index contributed by atoms with van der Waals surface area (Å²) >= 11 is 0.